The summed E-state index contributed by atoms with van der Waals surface area (Å²) in [6.07, 6.45) is 0. The molecule has 0 aliphatic heterocycles. The molecule has 8 heteroatoms. The number of rotatable bonds is 11. The summed E-state index contributed by atoms with van der Waals surface area (Å²) < 4.78 is 40.1. The van der Waals surface area contributed by atoms with Crippen molar-refractivity contribution < 1.29 is 22.4 Å². The van der Waals surface area contributed by atoms with E-state index >= 15 is 0 Å². The van der Waals surface area contributed by atoms with Crippen molar-refractivity contribution in [2.24, 2.45) is 0 Å². The Balaban J connectivity index is 1.86. The van der Waals surface area contributed by atoms with Gasteiger partial charge in [0.05, 0.1) is 13.2 Å². The molecule has 0 amide bonds. The van der Waals surface area contributed by atoms with Crippen molar-refractivity contribution in [1.82, 2.24) is 5.32 Å². The largest absolute Gasteiger partial charge is 0.491 e. The van der Waals surface area contributed by atoms with Crippen LogP contribution in [0.5, 0.6) is 5.75 Å². The van der Waals surface area contributed by atoms with Crippen LogP contribution in [0.3, 0.4) is 0 Å². The molecule has 0 aliphatic carbocycles. The molecule has 0 aromatic heterocycles. The Morgan fingerprint density at radius 1 is 1.10 bits per heavy atom. The van der Waals surface area contributed by atoms with Gasteiger partial charge in [0.1, 0.15) is 12.4 Å². The zero-order chi connectivity index (χ0) is 14.7. The maximum atomic E-state index is 10.4. The number of nitrogens with one attached hydrogen (secondary N) is 1. The second-order valence-electron chi connectivity index (χ2n) is 3.77. The van der Waals surface area contributed by atoms with Gasteiger partial charge in [-0.15, -0.1) is 0 Å². The molecule has 1 rings (SSSR count). The van der Waals surface area contributed by atoms with E-state index < -0.39 is 9.15 Å². The first kappa shape index (κ1) is 17.3. The van der Waals surface area contributed by atoms with E-state index in [9.17, 15) is 8.42 Å². The molecule has 0 saturated heterocycles. The first-order valence-electron chi connectivity index (χ1n) is 6.16. The molecule has 1 aromatic carbocycles. The third-order valence-electron chi connectivity index (χ3n) is 2.17. The van der Waals surface area contributed by atoms with Gasteiger partial charge in [0.25, 0.3) is 0 Å². The van der Waals surface area contributed by atoms with Crippen LogP contribution in [0.2, 0.25) is 0 Å². The van der Waals surface area contributed by atoms with Gasteiger partial charge in [-0.1, -0.05) is 18.2 Å². The van der Waals surface area contributed by atoms with E-state index in [1.807, 2.05) is 30.3 Å². The number of hydrogen-bond acceptors (Lipinski definition) is 6. The van der Waals surface area contributed by atoms with E-state index in [-0.39, 0.29) is 0 Å². The highest BCUT2D eigenvalue weighted by molar-refractivity contribution is 8.69. The van der Waals surface area contributed by atoms with E-state index in [0.717, 1.165) is 5.75 Å². The Bertz CT molecular complexity index is 452. The summed E-state index contributed by atoms with van der Waals surface area (Å²) in [5.41, 5.74) is 0. The molecule has 6 nitrogen and oxygen atoms in total. The minimum absolute atomic E-state index is 0.302. The minimum atomic E-state index is -3.93. The van der Waals surface area contributed by atoms with Gasteiger partial charge in [0.2, 0.25) is 0 Å². The second kappa shape index (κ2) is 10.0. The van der Waals surface area contributed by atoms with Crippen molar-refractivity contribution in [1.29, 1.82) is 0 Å². The minimum Gasteiger partial charge on any atom is -0.491 e. The Morgan fingerprint density at radius 3 is 2.55 bits per heavy atom. The smallest absolute Gasteiger partial charge is 0.319 e. The summed E-state index contributed by atoms with van der Waals surface area (Å²) in [7, 11) is -3.42. The molecule has 0 aliphatic rings. The topological polar surface area (TPSA) is 84.9 Å². The van der Waals surface area contributed by atoms with Crippen molar-refractivity contribution in [2.45, 2.75) is 0 Å². The highest BCUT2D eigenvalue weighted by Crippen LogP contribution is 2.07. The van der Waals surface area contributed by atoms with Crippen LogP contribution in [0.1, 0.15) is 0 Å². The van der Waals surface area contributed by atoms with E-state index in [4.69, 9.17) is 14.0 Å². The molecular formula is C12H19NO5S2. The Kier molecular flexibility index (Phi) is 8.63. The maximum Gasteiger partial charge on any atom is 0.319 e. The lowest BCUT2D eigenvalue weighted by molar-refractivity contribution is 0.102. The average Bonchev–Trinajstić information content (AvgIpc) is 2.41. The van der Waals surface area contributed by atoms with Crippen LogP contribution in [0.25, 0.3) is 0 Å². The Labute approximate surface area is 123 Å². The van der Waals surface area contributed by atoms with Gasteiger partial charge in [-0.25, -0.2) is 0 Å². The summed E-state index contributed by atoms with van der Waals surface area (Å²) in [6, 6.07) is 9.51. The molecule has 0 bridgehead atoms. The fourth-order valence-corrected chi connectivity index (χ4v) is 2.65. The van der Waals surface area contributed by atoms with Crippen LogP contribution in [-0.4, -0.2) is 51.6 Å². The molecule has 0 spiro atoms. The molecule has 0 atom stereocenters. The Morgan fingerprint density at radius 2 is 1.85 bits per heavy atom. The predicted octanol–water partition coefficient (Wildman–Crippen LogP) is 1.21. The van der Waals surface area contributed by atoms with Gasteiger partial charge in [-0.3, -0.25) is 4.55 Å². The highest BCUT2D eigenvalue weighted by atomic mass is 33.1. The number of para-hydroxylation sites is 1. The molecule has 0 saturated carbocycles. The molecular weight excluding hydrogens is 302 g/mol. The lowest BCUT2D eigenvalue weighted by atomic mass is 10.3. The van der Waals surface area contributed by atoms with Gasteiger partial charge in [0.15, 0.2) is 0 Å². The van der Waals surface area contributed by atoms with Gasteiger partial charge in [-0.05, 0) is 22.9 Å². The highest BCUT2D eigenvalue weighted by Gasteiger charge is 2.03. The molecule has 20 heavy (non-hydrogen) atoms. The van der Waals surface area contributed by atoms with Gasteiger partial charge in [-0.2, -0.15) is 8.42 Å². The van der Waals surface area contributed by atoms with Gasteiger partial charge in [0, 0.05) is 18.8 Å². The second-order valence-corrected chi connectivity index (χ2v) is 7.24. The van der Waals surface area contributed by atoms with Crippen LogP contribution in [0, 0.1) is 0 Å². The van der Waals surface area contributed by atoms with Crippen LogP contribution in [-0.2, 0) is 13.9 Å². The summed E-state index contributed by atoms with van der Waals surface area (Å²) in [4.78, 5) is 0. The van der Waals surface area contributed by atoms with Crippen LogP contribution in [0.15, 0.2) is 30.3 Å². The fraction of sp³-hybridized carbons (Fsp3) is 0.500. The number of benzene rings is 1. The molecule has 1 aromatic rings. The van der Waals surface area contributed by atoms with Crippen molar-refractivity contribution >= 4 is 19.9 Å². The Hall–Kier alpha value is -0.800. The lowest BCUT2D eigenvalue weighted by Crippen LogP contribution is -2.23. The maximum absolute atomic E-state index is 10.4. The van der Waals surface area contributed by atoms with E-state index in [1.54, 1.807) is 0 Å². The molecule has 0 radical (unpaired) electrons. The summed E-state index contributed by atoms with van der Waals surface area (Å²) in [6.45, 7) is 2.62. The normalized spacial score (nSPS) is 11.4. The summed E-state index contributed by atoms with van der Waals surface area (Å²) in [5, 5.41) is 3.00. The zero-order valence-corrected chi connectivity index (χ0v) is 12.7. The molecule has 114 valence electrons. The lowest BCUT2D eigenvalue weighted by Gasteiger charge is -2.07. The van der Waals surface area contributed by atoms with Gasteiger partial charge < -0.3 is 14.8 Å². The molecule has 0 fully saturated rings. The average molecular weight is 321 g/mol. The van der Waals surface area contributed by atoms with Crippen LogP contribution in [0.4, 0.5) is 0 Å². The van der Waals surface area contributed by atoms with Crippen LogP contribution < -0.4 is 10.1 Å². The first-order chi connectivity index (χ1) is 9.58. The third-order valence-corrected chi connectivity index (χ3v) is 4.24. The third kappa shape index (κ3) is 10.0. The standard InChI is InChI=1S/C12H19NO5S2/c14-20(15,16)19-11-7-13-6-8-17-9-10-18-12-4-2-1-3-5-12/h1-5,13H,6-11H2,(H,14,15,16). The zero-order valence-electron chi connectivity index (χ0n) is 11.0. The van der Waals surface area contributed by atoms with E-state index in [0.29, 0.717) is 49.5 Å². The quantitative estimate of drug-likeness (QED) is 0.360. The van der Waals surface area contributed by atoms with Crippen molar-refractivity contribution in [3.8, 4) is 5.75 Å². The SMILES string of the molecule is O=S(=O)(O)SCCNCCOCCOc1ccccc1. The van der Waals surface area contributed by atoms with Crippen molar-refractivity contribution in [2.75, 3.05) is 38.7 Å². The van der Waals surface area contributed by atoms with E-state index in [2.05, 4.69) is 5.32 Å². The number of ether oxygens (including phenoxy) is 2. The van der Waals surface area contributed by atoms with Crippen LogP contribution >= 0.6 is 10.8 Å². The predicted molar refractivity (Wildman–Crippen MR) is 79.6 cm³/mol. The molecule has 2 N–H and O–H groups in total. The first-order valence-corrected chi connectivity index (χ1v) is 9.10. The van der Waals surface area contributed by atoms with Crippen molar-refractivity contribution in [3.05, 3.63) is 30.3 Å². The van der Waals surface area contributed by atoms with Crippen molar-refractivity contribution in [3.63, 3.8) is 0 Å². The molecule has 0 heterocycles. The molecule has 0 unspecified atom stereocenters. The summed E-state index contributed by atoms with van der Waals surface area (Å²) >= 11 is 0. The summed E-state index contributed by atoms with van der Waals surface area (Å²) in [5.74, 6) is 1.12. The monoisotopic (exact) mass is 321 g/mol. The van der Waals surface area contributed by atoms with Gasteiger partial charge >= 0.3 is 9.15 Å². The number of hydrogen-bond donors (Lipinski definition) is 2. The fourth-order valence-electron chi connectivity index (χ4n) is 1.33. The van der Waals surface area contributed by atoms with E-state index in [1.165, 1.54) is 0 Å².